The van der Waals surface area contributed by atoms with E-state index in [0.717, 1.165) is 19.3 Å². The van der Waals surface area contributed by atoms with Crippen molar-refractivity contribution in [2.45, 2.75) is 58.9 Å². The molecule has 0 N–H and O–H groups in total. The van der Waals surface area contributed by atoms with E-state index in [0.29, 0.717) is 0 Å². The number of hydrogen-bond donors (Lipinski definition) is 0. The van der Waals surface area contributed by atoms with Crippen LogP contribution in [0.5, 0.6) is 0 Å². The third kappa shape index (κ3) is 8.72. The lowest BCUT2D eigenvalue weighted by atomic mass is 10.2. The summed E-state index contributed by atoms with van der Waals surface area (Å²) in [4.78, 5) is 0. The van der Waals surface area contributed by atoms with Gasteiger partial charge in [0.1, 0.15) is 0 Å². The molecule has 0 aromatic heterocycles. The van der Waals surface area contributed by atoms with Gasteiger partial charge in [0.2, 0.25) is 0 Å². The highest BCUT2D eigenvalue weighted by Crippen LogP contribution is 2.09. The Bertz CT molecular complexity index is 103. The minimum atomic E-state index is -0.934. The SMILES string of the molecule is CCCCCCC[Si](OCC)OCC. The molecule has 14 heavy (non-hydrogen) atoms. The molecule has 0 aliphatic heterocycles. The second-order valence-corrected chi connectivity index (χ2v) is 5.22. The summed E-state index contributed by atoms with van der Waals surface area (Å²) in [5, 5.41) is 0. The summed E-state index contributed by atoms with van der Waals surface area (Å²) >= 11 is 0. The van der Waals surface area contributed by atoms with Crippen LogP contribution in [0.25, 0.3) is 0 Å². The predicted molar refractivity (Wildman–Crippen MR) is 62.6 cm³/mol. The molecule has 85 valence electrons. The van der Waals surface area contributed by atoms with Crippen molar-refractivity contribution in [3.8, 4) is 0 Å². The molecule has 0 amide bonds. The van der Waals surface area contributed by atoms with Crippen LogP contribution in [-0.2, 0) is 8.85 Å². The summed E-state index contributed by atoms with van der Waals surface area (Å²) in [5.41, 5.74) is 0. The van der Waals surface area contributed by atoms with E-state index in [2.05, 4.69) is 6.92 Å². The Kier molecular flexibility index (Phi) is 11.3. The largest absolute Gasteiger partial charge is 0.394 e. The van der Waals surface area contributed by atoms with Crippen LogP contribution in [0.1, 0.15) is 52.9 Å². The highest BCUT2D eigenvalue weighted by molar-refractivity contribution is 6.44. The summed E-state index contributed by atoms with van der Waals surface area (Å²) < 4.78 is 11.1. The van der Waals surface area contributed by atoms with Crippen molar-refractivity contribution in [1.82, 2.24) is 0 Å². The van der Waals surface area contributed by atoms with Crippen molar-refractivity contribution < 1.29 is 8.85 Å². The van der Waals surface area contributed by atoms with E-state index < -0.39 is 9.28 Å². The van der Waals surface area contributed by atoms with E-state index in [4.69, 9.17) is 8.85 Å². The van der Waals surface area contributed by atoms with Gasteiger partial charge in [0.05, 0.1) is 0 Å². The van der Waals surface area contributed by atoms with E-state index >= 15 is 0 Å². The zero-order valence-electron chi connectivity index (χ0n) is 9.97. The zero-order valence-corrected chi connectivity index (χ0v) is 11.0. The quantitative estimate of drug-likeness (QED) is 0.412. The Balaban J connectivity index is 3.30. The third-order valence-corrected chi connectivity index (χ3v) is 4.08. The first-order valence-electron chi connectivity index (χ1n) is 5.96. The number of unbranched alkanes of at least 4 members (excludes halogenated alkanes) is 4. The molecule has 0 aromatic rings. The van der Waals surface area contributed by atoms with Gasteiger partial charge in [-0.1, -0.05) is 39.0 Å². The number of rotatable bonds is 10. The maximum Gasteiger partial charge on any atom is 0.384 e. The molecule has 0 saturated heterocycles. The second kappa shape index (κ2) is 11.2. The third-order valence-electron chi connectivity index (χ3n) is 2.10. The molecule has 0 aliphatic carbocycles. The molecule has 0 aliphatic rings. The zero-order chi connectivity index (χ0) is 10.6. The van der Waals surface area contributed by atoms with Gasteiger partial charge in [-0.2, -0.15) is 0 Å². The van der Waals surface area contributed by atoms with Crippen LogP contribution < -0.4 is 0 Å². The Morgan fingerprint density at radius 3 is 1.86 bits per heavy atom. The summed E-state index contributed by atoms with van der Waals surface area (Å²) in [6.45, 7) is 7.92. The van der Waals surface area contributed by atoms with Gasteiger partial charge in [-0.3, -0.25) is 0 Å². The van der Waals surface area contributed by atoms with Crippen LogP contribution in [0.15, 0.2) is 0 Å². The summed E-state index contributed by atoms with van der Waals surface area (Å²) in [5.74, 6) is 0. The smallest absolute Gasteiger partial charge is 0.384 e. The molecule has 0 aromatic carbocycles. The van der Waals surface area contributed by atoms with Crippen LogP contribution in [0.4, 0.5) is 0 Å². The maximum atomic E-state index is 5.57. The van der Waals surface area contributed by atoms with Gasteiger partial charge >= 0.3 is 9.28 Å². The van der Waals surface area contributed by atoms with Crippen molar-refractivity contribution >= 4 is 9.28 Å². The van der Waals surface area contributed by atoms with Crippen molar-refractivity contribution in [3.05, 3.63) is 0 Å². The van der Waals surface area contributed by atoms with Gasteiger partial charge in [0.15, 0.2) is 0 Å². The van der Waals surface area contributed by atoms with E-state index in [1.54, 1.807) is 0 Å². The minimum absolute atomic E-state index is 0.795. The van der Waals surface area contributed by atoms with Gasteiger partial charge in [-0.05, 0) is 19.9 Å². The van der Waals surface area contributed by atoms with Crippen molar-refractivity contribution in [2.75, 3.05) is 13.2 Å². The monoisotopic (exact) mass is 217 g/mol. The second-order valence-electron chi connectivity index (χ2n) is 3.40. The van der Waals surface area contributed by atoms with Gasteiger partial charge in [-0.15, -0.1) is 0 Å². The topological polar surface area (TPSA) is 18.5 Å². The molecule has 0 atom stereocenters. The fourth-order valence-corrected chi connectivity index (χ4v) is 2.94. The highest BCUT2D eigenvalue weighted by atomic mass is 28.3. The van der Waals surface area contributed by atoms with Crippen molar-refractivity contribution in [3.63, 3.8) is 0 Å². The first-order valence-corrected chi connectivity index (χ1v) is 7.48. The molecule has 3 heteroatoms. The van der Waals surface area contributed by atoms with Gasteiger partial charge in [-0.25, -0.2) is 0 Å². The van der Waals surface area contributed by atoms with Crippen LogP contribution >= 0.6 is 0 Å². The van der Waals surface area contributed by atoms with Gasteiger partial charge < -0.3 is 8.85 Å². The van der Waals surface area contributed by atoms with Crippen LogP contribution in [-0.4, -0.2) is 22.5 Å². The summed E-state index contributed by atoms with van der Waals surface area (Å²) in [6.07, 6.45) is 6.65. The van der Waals surface area contributed by atoms with Crippen LogP contribution in [0.2, 0.25) is 6.04 Å². The molecule has 0 heterocycles. The normalized spacial score (nSPS) is 11.1. The highest BCUT2D eigenvalue weighted by Gasteiger charge is 2.13. The van der Waals surface area contributed by atoms with E-state index in [1.165, 1.54) is 32.1 Å². The molecule has 1 radical (unpaired) electrons. The molecule has 0 saturated carbocycles. The molecule has 0 bridgehead atoms. The number of hydrogen-bond acceptors (Lipinski definition) is 2. The van der Waals surface area contributed by atoms with E-state index in [-0.39, 0.29) is 0 Å². The molecule has 0 fully saturated rings. The fourth-order valence-electron chi connectivity index (χ4n) is 1.38. The minimum Gasteiger partial charge on any atom is -0.394 e. The Labute approximate surface area is 90.8 Å². The average Bonchev–Trinajstić information content (AvgIpc) is 2.18. The van der Waals surface area contributed by atoms with Gasteiger partial charge in [0, 0.05) is 13.2 Å². The lowest BCUT2D eigenvalue weighted by Crippen LogP contribution is -2.22. The first kappa shape index (κ1) is 14.1. The average molecular weight is 217 g/mol. The van der Waals surface area contributed by atoms with E-state index in [1.807, 2.05) is 13.8 Å². The summed E-state index contributed by atoms with van der Waals surface area (Å²) in [6, 6.07) is 1.15. The van der Waals surface area contributed by atoms with Crippen LogP contribution in [0.3, 0.4) is 0 Å². The van der Waals surface area contributed by atoms with Gasteiger partial charge in [0.25, 0.3) is 0 Å². The van der Waals surface area contributed by atoms with Crippen molar-refractivity contribution in [2.24, 2.45) is 0 Å². The summed E-state index contributed by atoms with van der Waals surface area (Å²) in [7, 11) is -0.934. The maximum absolute atomic E-state index is 5.57. The fraction of sp³-hybridized carbons (Fsp3) is 1.00. The molecule has 0 spiro atoms. The molecule has 2 nitrogen and oxygen atoms in total. The van der Waals surface area contributed by atoms with Crippen LogP contribution in [0, 0.1) is 0 Å². The molecular weight excluding hydrogens is 192 g/mol. The lowest BCUT2D eigenvalue weighted by molar-refractivity contribution is 0.212. The Hall–Kier alpha value is 0.137. The predicted octanol–water partition coefficient (Wildman–Crippen LogP) is 3.52. The Morgan fingerprint density at radius 1 is 0.786 bits per heavy atom. The first-order chi connectivity index (χ1) is 6.85. The van der Waals surface area contributed by atoms with E-state index in [9.17, 15) is 0 Å². The van der Waals surface area contributed by atoms with Crippen molar-refractivity contribution in [1.29, 1.82) is 0 Å². The Morgan fingerprint density at radius 2 is 1.36 bits per heavy atom. The molecular formula is C11H25O2Si. The molecule has 0 rings (SSSR count). The molecule has 0 unspecified atom stereocenters. The standard InChI is InChI=1S/C11H25O2Si/c1-4-7-8-9-10-11-14(12-5-2)13-6-3/h4-11H2,1-3H3. The lowest BCUT2D eigenvalue weighted by Gasteiger charge is -2.12.